The Bertz CT molecular complexity index is 151. The molecule has 52 valence electrons. The summed E-state index contributed by atoms with van der Waals surface area (Å²) in [6, 6.07) is 0. The maximum Gasteiger partial charge on any atom is 0.242 e. The molecule has 9 heavy (non-hydrogen) atoms. The molecule has 0 aromatic heterocycles. The van der Waals surface area contributed by atoms with Crippen molar-refractivity contribution in [3.05, 3.63) is 11.5 Å². The maximum atomic E-state index is 10.5. The van der Waals surface area contributed by atoms with Gasteiger partial charge in [0, 0.05) is 12.3 Å². The summed E-state index contributed by atoms with van der Waals surface area (Å²) in [4.78, 5) is 10.5. The van der Waals surface area contributed by atoms with Gasteiger partial charge in [-0.3, -0.25) is 9.00 Å². The SMILES string of the molecule is CSC=CC(=O)S(C)=O. The van der Waals surface area contributed by atoms with Gasteiger partial charge in [-0.15, -0.1) is 11.8 Å². The van der Waals surface area contributed by atoms with Gasteiger partial charge in [0.05, 0.1) is 10.8 Å². The van der Waals surface area contributed by atoms with Crippen molar-refractivity contribution in [2.45, 2.75) is 0 Å². The van der Waals surface area contributed by atoms with E-state index in [9.17, 15) is 9.00 Å². The van der Waals surface area contributed by atoms with Crippen LogP contribution in [0.3, 0.4) is 0 Å². The number of carbonyl (C=O) groups is 1. The van der Waals surface area contributed by atoms with E-state index in [2.05, 4.69) is 0 Å². The Labute approximate surface area is 61.2 Å². The van der Waals surface area contributed by atoms with Crippen LogP contribution >= 0.6 is 11.8 Å². The quantitative estimate of drug-likeness (QED) is 0.565. The van der Waals surface area contributed by atoms with Crippen LogP contribution in [0.4, 0.5) is 0 Å². The molecule has 0 aliphatic rings. The van der Waals surface area contributed by atoms with Gasteiger partial charge in [-0.05, 0) is 11.7 Å². The van der Waals surface area contributed by atoms with Gasteiger partial charge in [-0.25, -0.2) is 0 Å². The second kappa shape index (κ2) is 4.76. The summed E-state index contributed by atoms with van der Waals surface area (Å²) in [5.74, 6) is 0. The van der Waals surface area contributed by atoms with E-state index in [1.807, 2.05) is 6.26 Å². The zero-order valence-corrected chi connectivity index (χ0v) is 6.92. The fourth-order valence-corrected chi connectivity index (χ4v) is 0.825. The van der Waals surface area contributed by atoms with Crippen LogP contribution in [0.25, 0.3) is 0 Å². The highest BCUT2D eigenvalue weighted by Gasteiger charge is 1.97. The second-order valence-electron chi connectivity index (χ2n) is 1.31. The van der Waals surface area contributed by atoms with Gasteiger partial charge < -0.3 is 0 Å². The molecule has 0 rings (SSSR count). The van der Waals surface area contributed by atoms with Crippen molar-refractivity contribution in [3.8, 4) is 0 Å². The van der Waals surface area contributed by atoms with E-state index in [4.69, 9.17) is 0 Å². The molecule has 0 radical (unpaired) electrons. The van der Waals surface area contributed by atoms with E-state index >= 15 is 0 Å². The molecule has 0 aromatic rings. The van der Waals surface area contributed by atoms with E-state index in [1.54, 1.807) is 5.41 Å². The summed E-state index contributed by atoms with van der Waals surface area (Å²) in [6.07, 6.45) is 4.52. The predicted molar refractivity (Wildman–Crippen MR) is 41.7 cm³/mol. The lowest BCUT2D eigenvalue weighted by atomic mass is 10.7. The largest absolute Gasteiger partial charge is 0.280 e. The van der Waals surface area contributed by atoms with Crippen LogP contribution in [0.2, 0.25) is 0 Å². The fraction of sp³-hybridized carbons (Fsp3) is 0.400. The molecule has 0 aromatic carbocycles. The van der Waals surface area contributed by atoms with Crippen LogP contribution in [-0.2, 0) is 15.6 Å². The summed E-state index contributed by atoms with van der Waals surface area (Å²) in [5, 5.41) is 1.29. The minimum Gasteiger partial charge on any atom is -0.280 e. The molecule has 4 heteroatoms. The van der Waals surface area contributed by atoms with Crippen LogP contribution in [0, 0.1) is 0 Å². The summed E-state index contributed by atoms with van der Waals surface area (Å²) >= 11 is 1.41. The molecule has 0 heterocycles. The Hall–Kier alpha value is -0.0900. The van der Waals surface area contributed by atoms with E-state index in [1.165, 1.54) is 24.1 Å². The van der Waals surface area contributed by atoms with Crippen molar-refractivity contribution in [3.63, 3.8) is 0 Å². The van der Waals surface area contributed by atoms with Gasteiger partial charge in [0.15, 0.2) is 0 Å². The van der Waals surface area contributed by atoms with Gasteiger partial charge in [-0.1, -0.05) is 0 Å². The van der Waals surface area contributed by atoms with E-state index in [0.29, 0.717) is 0 Å². The van der Waals surface area contributed by atoms with E-state index in [0.717, 1.165) is 0 Å². The third kappa shape index (κ3) is 4.42. The molecule has 0 N–H and O–H groups in total. The third-order valence-electron chi connectivity index (χ3n) is 0.624. The van der Waals surface area contributed by atoms with Crippen molar-refractivity contribution in [2.24, 2.45) is 0 Å². The topological polar surface area (TPSA) is 34.1 Å². The lowest BCUT2D eigenvalue weighted by molar-refractivity contribution is -0.107. The van der Waals surface area contributed by atoms with Gasteiger partial charge >= 0.3 is 0 Å². The highest BCUT2D eigenvalue weighted by atomic mass is 32.2. The normalized spacial score (nSPS) is 14.0. The maximum absolute atomic E-state index is 10.5. The average molecular weight is 164 g/mol. The van der Waals surface area contributed by atoms with Crippen molar-refractivity contribution in [1.29, 1.82) is 0 Å². The van der Waals surface area contributed by atoms with Crippen LogP contribution in [-0.4, -0.2) is 21.8 Å². The minimum absolute atomic E-state index is 0.329. The van der Waals surface area contributed by atoms with Gasteiger partial charge in [-0.2, -0.15) is 0 Å². The number of rotatable bonds is 2. The number of thioether (sulfide) groups is 1. The second-order valence-corrected chi connectivity index (χ2v) is 3.37. The van der Waals surface area contributed by atoms with Crippen molar-refractivity contribution in [1.82, 2.24) is 0 Å². The van der Waals surface area contributed by atoms with Crippen LogP contribution < -0.4 is 0 Å². The number of carbonyl (C=O) groups excluding carboxylic acids is 1. The molecule has 0 bridgehead atoms. The molecule has 0 fully saturated rings. The molecular formula is C5H8O2S2. The number of hydrogen-bond donors (Lipinski definition) is 0. The third-order valence-corrected chi connectivity index (χ3v) is 1.73. The van der Waals surface area contributed by atoms with Gasteiger partial charge in [0.25, 0.3) is 0 Å². The van der Waals surface area contributed by atoms with Crippen molar-refractivity contribution >= 4 is 27.7 Å². The Morgan fingerprint density at radius 2 is 2.22 bits per heavy atom. The Morgan fingerprint density at radius 1 is 1.67 bits per heavy atom. The van der Waals surface area contributed by atoms with Gasteiger partial charge in [0.1, 0.15) is 0 Å². The molecule has 2 nitrogen and oxygen atoms in total. The van der Waals surface area contributed by atoms with Crippen LogP contribution in [0.5, 0.6) is 0 Å². The first-order valence-electron chi connectivity index (χ1n) is 2.25. The van der Waals surface area contributed by atoms with Gasteiger partial charge in [0.2, 0.25) is 5.12 Å². The highest BCUT2D eigenvalue weighted by Crippen LogP contribution is 1.93. The summed E-state index contributed by atoms with van der Waals surface area (Å²) in [7, 11) is -1.35. The first-order valence-corrected chi connectivity index (χ1v) is 5.10. The molecule has 0 aliphatic carbocycles. The van der Waals surface area contributed by atoms with E-state index < -0.39 is 10.8 Å². The molecule has 1 unspecified atom stereocenters. The number of hydrogen-bond acceptors (Lipinski definition) is 3. The smallest absolute Gasteiger partial charge is 0.242 e. The summed E-state index contributed by atoms with van der Waals surface area (Å²) in [6.45, 7) is 0. The molecule has 0 aliphatic heterocycles. The van der Waals surface area contributed by atoms with Crippen LogP contribution in [0.1, 0.15) is 0 Å². The first kappa shape index (κ1) is 8.91. The molecule has 0 saturated carbocycles. The fourth-order valence-electron chi connectivity index (χ4n) is 0.219. The molecule has 0 saturated heterocycles. The Morgan fingerprint density at radius 3 is 2.56 bits per heavy atom. The van der Waals surface area contributed by atoms with Crippen LogP contribution in [0.15, 0.2) is 11.5 Å². The lowest BCUT2D eigenvalue weighted by Gasteiger charge is -1.82. The van der Waals surface area contributed by atoms with Crippen molar-refractivity contribution < 1.29 is 9.00 Å². The monoisotopic (exact) mass is 164 g/mol. The zero-order chi connectivity index (χ0) is 7.28. The minimum atomic E-state index is -1.35. The molecule has 0 spiro atoms. The molecular weight excluding hydrogens is 156 g/mol. The standard InChI is InChI=1S/C5H8O2S2/c1-8-4-3-5(6)9(2)7/h3-4H,1-2H3. The summed E-state index contributed by atoms with van der Waals surface area (Å²) in [5.41, 5.74) is 0. The first-order chi connectivity index (χ1) is 4.18. The lowest BCUT2D eigenvalue weighted by Crippen LogP contribution is -1.99. The Kier molecular flexibility index (Phi) is 4.71. The molecule has 1 atom stereocenters. The zero-order valence-electron chi connectivity index (χ0n) is 5.29. The van der Waals surface area contributed by atoms with Crippen molar-refractivity contribution in [2.75, 3.05) is 12.5 Å². The average Bonchev–Trinajstić information content (AvgIpc) is 1.82. The van der Waals surface area contributed by atoms with E-state index in [-0.39, 0.29) is 5.12 Å². The highest BCUT2D eigenvalue weighted by molar-refractivity contribution is 8.02. The Balaban J connectivity index is 3.77. The summed E-state index contributed by atoms with van der Waals surface area (Å²) < 4.78 is 10.4. The molecule has 0 amide bonds. The predicted octanol–water partition coefficient (Wildman–Crippen LogP) is 0.768.